The maximum Gasteiger partial charge on any atom is 0.200 e. The fourth-order valence-corrected chi connectivity index (χ4v) is 2.30. The zero-order valence-corrected chi connectivity index (χ0v) is 14.2. The molecule has 28 heavy (non-hydrogen) atoms. The van der Waals surface area contributed by atoms with Crippen LogP contribution < -0.4 is 10.2 Å². The number of hydrazone groups is 1. The molecule has 0 aliphatic rings. The van der Waals surface area contributed by atoms with E-state index in [4.69, 9.17) is 4.74 Å². The Labute approximate surface area is 157 Å². The van der Waals surface area contributed by atoms with Crippen molar-refractivity contribution in [3.63, 3.8) is 0 Å². The van der Waals surface area contributed by atoms with Crippen LogP contribution in [0.25, 0.3) is 0 Å². The van der Waals surface area contributed by atoms with Crippen LogP contribution in [0.4, 0.5) is 27.6 Å². The summed E-state index contributed by atoms with van der Waals surface area (Å²) in [4.78, 5) is 0. The number of hydrogen-bond acceptors (Lipinski definition) is 3. The van der Waals surface area contributed by atoms with Crippen molar-refractivity contribution >= 4 is 11.9 Å². The summed E-state index contributed by atoms with van der Waals surface area (Å²) < 4.78 is 72.1. The van der Waals surface area contributed by atoms with Crippen molar-refractivity contribution in [1.82, 2.24) is 0 Å². The molecule has 0 radical (unpaired) electrons. The average molecular weight is 392 g/mol. The van der Waals surface area contributed by atoms with Crippen LogP contribution in [0.2, 0.25) is 0 Å². The first kappa shape index (κ1) is 19.3. The molecular weight excluding hydrogens is 379 g/mol. The molecule has 0 saturated heterocycles. The first-order valence-electron chi connectivity index (χ1n) is 8.04. The van der Waals surface area contributed by atoms with Crippen molar-refractivity contribution in [2.75, 3.05) is 5.43 Å². The Kier molecular flexibility index (Phi) is 5.88. The highest BCUT2D eigenvalue weighted by atomic mass is 19.2. The highest BCUT2D eigenvalue weighted by molar-refractivity contribution is 5.80. The lowest BCUT2D eigenvalue weighted by molar-refractivity contribution is 0.306. The third kappa shape index (κ3) is 4.28. The molecule has 0 unspecified atom stereocenters. The van der Waals surface area contributed by atoms with Crippen molar-refractivity contribution in [2.45, 2.75) is 6.61 Å². The van der Waals surface area contributed by atoms with Crippen molar-refractivity contribution in [2.24, 2.45) is 5.10 Å². The van der Waals surface area contributed by atoms with Gasteiger partial charge in [0.25, 0.3) is 0 Å². The van der Waals surface area contributed by atoms with E-state index in [0.29, 0.717) is 17.9 Å². The summed E-state index contributed by atoms with van der Waals surface area (Å²) in [7, 11) is 0. The van der Waals surface area contributed by atoms with Gasteiger partial charge in [-0.3, -0.25) is 5.43 Å². The number of rotatable bonds is 6. The number of hydrogen-bond donors (Lipinski definition) is 1. The van der Waals surface area contributed by atoms with Crippen LogP contribution >= 0.6 is 0 Å². The fourth-order valence-electron chi connectivity index (χ4n) is 2.30. The van der Waals surface area contributed by atoms with Crippen LogP contribution in [-0.4, -0.2) is 6.21 Å². The van der Waals surface area contributed by atoms with E-state index < -0.39 is 34.8 Å². The highest BCUT2D eigenvalue weighted by Gasteiger charge is 2.25. The predicted molar refractivity (Wildman–Crippen MR) is 94.7 cm³/mol. The first-order valence-corrected chi connectivity index (χ1v) is 8.04. The van der Waals surface area contributed by atoms with Gasteiger partial charge in [-0.15, -0.1) is 0 Å². The Morgan fingerprint density at radius 3 is 2.11 bits per heavy atom. The maximum absolute atomic E-state index is 13.6. The monoisotopic (exact) mass is 392 g/mol. The van der Waals surface area contributed by atoms with E-state index in [1.54, 1.807) is 24.3 Å². The fraction of sp³-hybridized carbons (Fsp3) is 0.0500. The minimum absolute atomic E-state index is 0.338. The summed E-state index contributed by atoms with van der Waals surface area (Å²) in [6.45, 7) is 0.338. The van der Waals surface area contributed by atoms with Gasteiger partial charge in [0.15, 0.2) is 23.3 Å². The van der Waals surface area contributed by atoms with Crippen LogP contribution in [0.3, 0.4) is 0 Å². The van der Waals surface area contributed by atoms with Gasteiger partial charge < -0.3 is 4.74 Å². The van der Waals surface area contributed by atoms with Gasteiger partial charge in [-0.25, -0.2) is 22.0 Å². The number of ether oxygens (including phenoxy) is 1. The molecular formula is C20H13F5N2O. The molecule has 3 nitrogen and oxygen atoms in total. The number of halogens is 5. The summed E-state index contributed by atoms with van der Waals surface area (Å²) in [6.07, 6.45) is 1.16. The van der Waals surface area contributed by atoms with Crippen LogP contribution in [-0.2, 0) is 6.61 Å². The second kappa shape index (κ2) is 8.51. The minimum Gasteiger partial charge on any atom is -0.489 e. The summed E-state index contributed by atoms with van der Waals surface area (Å²) >= 11 is 0. The summed E-state index contributed by atoms with van der Waals surface area (Å²) in [5.41, 5.74) is 2.07. The molecule has 0 aromatic heterocycles. The summed E-state index contributed by atoms with van der Waals surface area (Å²) in [5, 5.41) is 3.54. The molecule has 144 valence electrons. The van der Waals surface area contributed by atoms with E-state index in [2.05, 4.69) is 5.10 Å². The molecule has 8 heteroatoms. The molecule has 3 aromatic carbocycles. The molecule has 0 aliphatic carbocycles. The first-order chi connectivity index (χ1) is 13.5. The summed E-state index contributed by atoms with van der Waals surface area (Å²) in [5.74, 6) is -9.79. The Balaban J connectivity index is 1.70. The lowest BCUT2D eigenvalue weighted by atomic mass is 10.2. The molecule has 3 rings (SSSR count). The van der Waals surface area contributed by atoms with Crippen LogP contribution in [0, 0.1) is 29.1 Å². The topological polar surface area (TPSA) is 33.6 Å². The van der Waals surface area contributed by atoms with Gasteiger partial charge >= 0.3 is 0 Å². The smallest absolute Gasteiger partial charge is 0.200 e. The standard InChI is InChI=1S/C20H13F5N2O/c21-15-16(22)18(24)20(19(25)17(15)23)27-26-10-13-7-4-8-14(9-13)28-11-12-5-2-1-3-6-12/h1-10,27H,11H2/b26-10-. The van der Waals surface area contributed by atoms with E-state index in [1.165, 1.54) is 0 Å². The van der Waals surface area contributed by atoms with Gasteiger partial charge in [0.2, 0.25) is 5.82 Å². The number of nitrogens with zero attached hydrogens (tertiary/aromatic N) is 1. The molecule has 1 N–H and O–H groups in total. The second-order valence-electron chi connectivity index (χ2n) is 5.66. The van der Waals surface area contributed by atoms with Crippen LogP contribution in [0.1, 0.15) is 11.1 Å². The minimum atomic E-state index is -2.23. The zero-order valence-electron chi connectivity index (χ0n) is 14.2. The molecule has 0 atom stereocenters. The van der Waals surface area contributed by atoms with E-state index in [9.17, 15) is 22.0 Å². The molecule has 3 aromatic rings. The van der Waals surface area contributed by atoms with Gasteiger partial charge in [0.05, 0.1) is 6.21 Å². The number of nitrogens with one attached hydrogen (secondary N) is 1. The van der Waals surface area contributed by atoms with Gasteiger partial charge in [-0.1, -0.05) is 42.5 Å². The molecule has 0 saturated carbocycles. The molecule has 0 bridgehead atoms. The van der Waals surface area contributed by atoms with Gasteiger partial charge in [-0.05, 0) is 23.3 Å². The van der Waals surface area contributed by atoms with Crippen molar-refractivity contribution in [3.8, 4) is 5.75 Å². The molecule has 0 fully saturated rings. The highest BCUT2D eigenvalue weighted by Crippen LogP contribution is 2.27. The Hall–Kier alpha value is -3.42. The molecule has 0 spiro atoms. The van der Waals surface area contributed by atoms with Crippen molar-refractivity contribution < 1.29 is 26.7 Å². The van der Waals surface area contributed by atoms with Crippen molar-refractivity contribution in [3.05, 3.63) is 94.8 Å². The van der Waals surface area contributed by atoms with E-state index in [0.717, 1.165) is 11.8 Å². The van der Waals surface area contributed by atoms with Gasteiger partial charge in [0.1, 0.15) is 18.0 Å². The third-order valence-electron chi connectivity index (χ3n) is 3.71. The van der Waals surface area contributed by atoms with E-state index in [-0.39, 0.29) is 0 Å². The molecule has 0 heterocycles. The van der Waals surface area contributed by atoms with Gasteiger partial charge in [0, 0.05) is 0 Å². The van der Waals surface area contributed by atoms with Crippen LogP contribution in [0.5, 0.6) is 5.75 Å². The van der Waals surface area contributed by atoms with E-state index in [1.807, 2.05) is 35.8 Å². The Morgan fingerprint density at radius 2 is 1.43 bits per heavy atom. The predicted octanol–water partition coefficient (Wildman–Crippen LogP) is 5.41. The largest absolute Gasteiger partial charge is 0.489 e. The Morgan fingerprint density at radius 1 is 0.786 bits per heavy atom. The molecule has 0 aliphatic heterocycles. The van der Waals surface area contributed by atoms with Crippen LogP contribution in [0.15, 0.2) is 59.7 Å². The normalized spacial score (nSPS) is 11.0. The zero-order chi connectivity index (χ0) is 20.1. The lowest BCUT2D eigenvalue weighted by Gasteiger charge is -2.08. The maximum atomic E-state index is 13.6. The number of anilines is 1. The quantitative estimate of drug-likeness (QED) is 0.200. The van der Waals surface area contributed by atoms with E-state index >= 15 is 0 Å². The van der Waals surface area contributed by atoms with Gasteiger partial charge in [-0.2, -0.15) is 5.10 Å². The molecule has 0 amide bonds. The Bertz CT molecular complexity index is 980. The second-order valence-corrected chi connectivity index (χ2v) is 5.66. The SMILES string of the molecule is Fc1c(F)c(F)c(N/N=C\c2cccc(OCc3ccccc3)c2)c(F)c1F. The summed E-state index contributed by atoms with van der Waals surface area (Å²) in [6, 6.07) is 16.1. The van der Waals surface area contributed by atoms with Crippen molar-refractivity contribution in [1.29, 1.82) is 0 Å². The third-order valence-corrected chi connectivity index (χ3v) is 3.71. The average Bonchev–Trinajstić information content (AvgIpc) is 2.73. The number of benzene rings is 3. The lowest BCUT2D eigenvalue weighted by Crippen LogP contribution is -2.06.